The summed E-state index contributed by atoms with van der Waals surface area (Å²) in [4.78, 5) is 21.7. The number of carbonyl (C=O) groups is 2. The topological polar surface area (TPSA) is 145 Å². The summed E-state index contributed by atoms with van der Waals surface area (Å²) < 4.78 is 4.67. The number of aliphatic hydroxyl groups is 4. The van der Waals surface area contributed by atoms with Crippen LogP contribution in [-0.2, 0) is 14.3 Å². The first kappa shape index (κ1) is 18.8. The second-order valence-corrected chi connectivity index (χ2v) is 4.73. The number of esters is 1. The van der Waals surface area contributed by atoms with Crippen molar-refractivity contribution < 1.29 is 39.9 Å². The lowest BCUT2D eigenvalue weighted by atomic mass is 10.0. The number of rotatable bonds is 8. The maximum absolute atomic E-state index is 11.5. The molecule has 126 valence electrons. The second kappa shape index (κ2) is 9.01. The van der Waals surface area contributed by atoms with Gasteiger partial charge in [-0.1, -0.05) is 12.1 Å². The molecule has 0 saturated heterocycles. The Hall–Kier alpha value is -2.26. The summed E-state index contributed by atoms with van der Waals surface area (Å²) in [7, 11) is 0. The molecular formula is C15H18O8. The van der Waals surface area contributed by atoms with Crippen LogP contribution < -0.4 is 0 Å². The number of hydrogen-bond donors (Lipinski definition) is 5. The normalized spacial score (nSPS) is 16.5. The van der Waals surface area contributed by atoms with Crippen molar-refractivity contribution in [3.8, 4) is 5.75 Å². The highest BCUT2D eigenvalue weighted by Crippen LogP contribution is 2.11. The SMILES string of the molecule is O=C[C@H](O)[C@@H](O)[C@H](O)[C@H](O)COC(=O)C=Cc1ccc(O)cc1. The molecule has 0 amide bonds. The number of benzene rings is 1. The molecule has 0 aliphatic carbocycles. The number of aromatic hydroxyl groups is 1. The average molecular weight is 326 g/mol. The Balaban J connectivity index is 2.45. The van der Waals surface area contributed by atoms with E-state index in [0.717, 1.165) is 6.08 Å². The summed E-state index contributed by atoms with van der Waals surface area (Å²) in [6, 6.07) is 6.00. The van der Waals surface area contributed by atoms with Gasteiger partial charge in [-0.05, 0) is 23.8 Å². The smallest absolute Gasteiger partial charge is 0.330 e. The molecule has 0 aliphatic heterocycles. The van der Waals surface area contributed by atoms with Gasteiger partial charge in [0, 0.05) is 6.08 Å². The second-order valence-electron chi connectivity index (χ2n) is 4.73. The van der Waals surface area contributed by atoms with Gasteiger partial charge in [-0.15, -0.1) is 0 Å². The highest BCUT2D eigenvalue weighted by molar-refractivity contribution is 5.87. The number of phenolic OH excluding ortho intramolecular Hbond substituents is 1. The predicted octanol–water partition coefficient (Wildman–Crippen LogP) is -1.41. The Morgan fingerprint density at radius 1 is 1.09 bits per heavy atom. The molecule has 0 radical (unpaired) electrons. The van der Waals surface area contributed by atoms with Gasteiger partial charge >= 0.3 is 5.97 Å². The van der Waals surface area contributed by atoms with Crippen LogP contribution in [0.25, 0.3) is 6.08 Å². The average Bonchev–Trinajstić information content (AvgIpc) is 2.56. The lowest BCUT2D eigenvalue weighted by Crippen LogP contribution is -2.46. The van der Waals surface area contributed by atoms with Crippen LogP contribution in [0.5, 0.6) is 5.75 Å². The number of hydrogen-bond acceptors (Lipinski definition) is 8. The van der Waals surface area contributed by atoms with Crippen molar-refractivity contribution in [1.82, 2.24) is 0 Å². The Bertz CT molecular complexity index is 539. The molecule has 0 aromatic heterocycles. The zero-order chi connectivity index (χ0) is 17.4. The Morgan fingerprint density at radius 2 is 1.70 bits per heavy atom. The highest BCUT2D eigenvalue weighted by atomic mass is 16.5. The van der Waals surface area contributed by atoms with Gasteiger partial charge in [-0.3, -0.25) is 0 Å². The van der Waals surface area contributed by atoms with E-state index in [9.17, 15) is 24.9 Å². The zero-order valence-electron chi connectivity index (χ0n) is 12.0. The van der Waals surface area contributed by atoms with Crippen LogP contribution >= 0.6 is 0 Å². The zero-order valence-corrected chi connectivity index (χ0v) is 12.0. The van der Waals surface area contributed by atoms with Gasteiger partial charge in [0.15, 0.2) is 6.29 Å². The molecule has 4 atom stereocenters. The fourth-order valence-corrected chi connectivity index (χ4v) is 1.57. The van der Waals surface area contributed by atoms with E-state index in [1.807, 2.05) is 0 Å². The van der Waals surface area contributed by atoms with Crippen LogP contribution in [-0.4, -0.2) is 68.8 Å². The monoisotopic (exact) mass is 326 g/mol. The van der Waals surface area contributed by atoms with Gasteiger partial charge in [-0.2, -0.15) is 0 Å². The Morgan fingerprint density at radius 3 is 2.26 bits per heavy atom. The molecule has 5 N–H and O–H groups in total. The number of aldehydes is 1. The van der Waals surface area contributed by atoms with Crippen LogP contribution in [0.15, 0.2) is 30.3 Å². The molecule has 0 saturated carbocycles. The van der Waals surface area contributed by atoms with Crippen molar-refractivity contribution >= 4 is 18.3 Å². The Kier molecular flexibility index (Phi) is 7.36. The van der Waals surface area contributed by atoms with Crippen molar-refractivity contribution in [2.45, 2.75) is 24.4 Å². The van der Waals surface area contributed by atoms with E-state index < -0.39 is 37.0 Å². The molecule has 8 nitrogen and oxygen atoms in total. The van der Waals surface area contributed by atoms with Crippen LogP contribution in [0.3, 0.4) is 0 Å². The van der Waals surface area contributed by atoms with Gasteiger partial charge < -0.3 is 35.1 Å². The molecule has 1 aromatic rings. The molecule has 0 aliphatic rings. The van der Waals surface area contributed by atoms with E-state index in [1.54, 1.807) is 12.1 Å². The summed E-state index contributed by atoms with van der Waals surface area (Å²) in [5.41, 5.74) is 0.630. The maximum atomic E-state index is 11.5. The minimum atomic E-state index is -1.89. The van der Waals surface area contributed by atoms with E-state index in [4.69, 9.17) is 10.2 Å². The van der Waals surface area contributed by atoms with Gasteiger partial charge in [-0.25, -0.2) is 4.79 Å². The summed E-state index contributed by atoms with van der Waals surface area (Å²) in [6.07, 6.45) is -4.79. The molecule has 0 spiro atoms. The predicted molar refractivity (Wildman–Crippen MR) is 78.2 cm³/mol. The molecule has 0 bridgehead atoms. The molecule has 1 aromatic carbocycles. The lowest BCUT2D eigenvalue weighted by molar-refractivity contribution is -0.151. The van der Waals surface area contributed by atoms with Crippen LogP contribution in [0.4, 0.5) is 0 Å². The highest BCUT2D eigenvalue weighted by Gasteiger charge is 2.30. The summed E-state index contributed by atoms with van der Waals surface area (Å²) in [6.45, 7) is -0.636. The Labute approximate surface area is 131 Å². The largest absolute Gasteiger partial charge is 0.508 e. The molecule has 0 fully saturated rings. The van der Waals surface area contributed by atoms with Crippen molar-refractivity contribution in [3.63, 3.8) is 0 Å². The lowest BCUT2D eigenvalue weighted by Gasteiger charge is -2.23. The third kappa shape index (κ3) is 6.17. The number of phenols is 1. The van der Waals surface area contributed by atoms with Crippen LogP contribution in [0.1, 0.15) is 5.56 Å². The molecule has 1 rings (SSSR count). The molecule has 0 heterocycles. The number of aliphatic hydroxyl groups excluding tert-OH is 4. The van der Waals surface area contributed by atoms with E-state index in [2.05, 4.69) is 4.74 Å². The van der Waals surface area contributed by atoms with Crippen LogP contribution in [0, 0.1) is 0 Å². The van der Waals surface area contributed by atoms with Gasteiger partial charge in [0.1, 0.15) is 36.8 Å². The minimum Gasteiger partial charge on any atom is -0.508 e. The first-order chi connectivity index (χ1) is 10.8. The summed E-state index contributed by atoms with van der Waals surface area (Å²) >= 11 is 0. The third-order valence-corrected chi connectivity index (χ3v) is 2.93. The first-order valence-corrected chi connectivity index (χ1v) is 6.66. The minimum absolute atomic E-state index is 0.00695. The van der Waals surface area contributed by atoms with Gasteiger partial charge in [0.05, 0.1) is 0 Å². The molecule has 0 unspecified atom stereocenters. The van der Waals surface area contributed by atoms with E-state index >= 15 is 0 Å². The quantitative estimate of drug-likeness (QED) is 0.223. The number of carbonyl (C=O) groups excluding carboxylic acids is 2. The summed E-state index contributed by atoms with van der Waals surface area (Å²) in [5.74, 6) is -0.729. The van der Waals surface area contributed by atoms with Crippen molar-refractivity contribution in [1.29, 1.82) is 0 Å². The standard InChI is InChI=1S/C15H18O8/c16-7-11(18)14(21)15(22)12(19)8-23-13(20)6-3-9-1-4-10(17)5-2-9/h1-7,11-12,14-15,17-19,21-22H,8H2/t11-,12+,14+,15+/m0/s1. The number of ether oxygens (including phenoxy) is 1. The van der Waals surface area contributed by atoms with Gasteiger partial charge in [0.25, 0.3) is 0 Å². The van der Waals surface area contributed by atoms with E-state index in [-0.39, 0.29) is 12.0 Å². The fourth-order valence-electron chi connectivity index (χ4n) is 1.57. The van der Waals surface area contributed by atoms with Crippen molar-refractivity contribution in [2.75, 3.05) is 6.61 Å². The molecular weight excluding hydrogens is 308 g/mol. The molecule has 23 heavy (non-hydrogen) atoms. The fraction of sp³-hybridized carbons (Fsp3) is 0.333. The maximum Gasteiger partial charge on any atom is 0.330 e. The molecule has 8 heteroatoms. The first-order valence-electron chi connectivity index (χ1n) is 6.66. The van der Waals surface area contributed by atoms with Gasteiger partial charge in [0.2, 0.25) is 0 Å². The van der Waals surface area contributed by atoms with Crippen molar-refractivity contribution in [2.24, 2.45) is 0 Å². The van der Waals surface area contributed by atoms with Crippen molar-refractivity contribution in [3.05, 3.63) is 35.9 Å². The third-order valence-electron chi connectivity index (χ3n) is 2.93. The van der Waals surface area contributed by atoms with E-state index in [1.165, 1.54) is 18.2 Å². The van der Waals surface area contributed by atoms with Crippen LogP contribution in [0.2, 0.25) is 0 Å². The summed E-state index contributed by atoms with van der Waals surface area (Å²) in [5, 5.41) is 46.5. The van der Waals surface area contributed by atoms with E-state index in [0.29, 0.717) is 5.56 Å².